The quantitative estimate of drug-likeness (QED) is 0.517. The standard InChI is InChI=1S/C19H34N2O/c1-4-20(2)14-8-9-15-21(3)16-10-11-17-22-18-19-12-6-5-7-13-19/h5-7,12-13H,4,8-11,14-18H2,1-3H3. The summed E-state index contributed by atoms with van der Waals surface area (Å²) in [5.41, 5.74) is 1.26. The number of ether oxygens (including phenoxy) is 1. The van der Waals surface area contributed by atoms with Gasteiger partial charge >= 0.3 is 0 Å². The van der Waals surface area contributed by atoms with Gasteiger partial charge in [-0.3, -0.25) is 0 Å². The van der Waals surface area contributed by atoms with Crippen LogP contribution < -0.4 is 0 Å². The van der Waals surface area contributed by atoms with Crippen LogP contribution in [0.3, 0.4) is 0 Å². The van der Waals surface area contributed by atoms with Crippen LogP contribution in [0, 0.1) is 0 Å². The van der Waals surface area contributed by atoms with Gasteiger partial charge in [0.05, 0.1) is 6.61 Å². The molecule has 0 aliphatic heterocycles. The summed E-state index contributed by atoms with van der Waals surface area (Å²) in [6.45, 7) is 8.58. The van der Waals surface area contributed by atoms with E-state index in [0.717, 1.165) is 26.2 Å². The van der Waals surface area contributed by atoms with E-state index in [1.165, 1.54) is 44.5 Å². The van der Waals surface area contributed by atoms with Crippen molar-refractivity contribution in [3.63, 3.8) is 0 Å². The molecule has 3 nitrogen and oxygen atoms in total. The largest absolute Gasteiger partial charge is 0.377 e. The smallest absolute Gasteiger partial charge is 0.0716 e. The van der Waals surface area contributed by atoms with E-state index in [1.807, 2.05) is 6.07 Å². The molecule has 0 fully saturated rings. The minimum absolute atomic E-state index is 0.738. The lowest BCUT2D eigenvalue weighted by atomic mass is 10.2. The fourth-order valence-electron chi connectivity index (χ4n) is 2.38. The summed E-state index contributed by atoms with van der Waals surface area (Å²) < 4.78 is 5.71. The maximum Gasteiger partial charge on any atom is 0.0716 e. The van der Waals surface area contributed by atoms with E-state index in [1.54, 1.807) is 0 Å². The average molecular weight is 306 g/mol. The van der Waals surface area contributed by atoms with Gasteiger partial charge in [-0.15, -0.1) is 0 Å². The topological polar surface area (TPSA) is 15.7 Å². The molecule has 0 saturated heterocycles. The van der Waals surface area contributed by atoms with Crippen molar-refractivity contribution in [1.29, 1.82) is 0 Å². The minimum atomic E-state index is 0.738. The lowest BCUT2D eigenvalue weighted by Gasteiger charge is -2.18. The SMILES string of the molecule is CCN(C)CCCCN(C)CCCCOCc1ccccc1. The Bertz CT molecular complexity index is 356. The van der Waals surface area contributed by atoms with Gasteiger partial charge in [0.25, 0.3) is 0 Å². The molecule has 22 heavy (non-hydrogen) atoms. The van der Waals surface area contributed by atoms with Crippen LogP contribution in [0.25, 0.3) is 0 Å². The molecule has 0 amide bonds. The van der Waals surface area contributed by atoms with Gasteiger partial charge in [0, 0.05) is 6.61 Å². The maximum absolute atomic E-state index is 5.71. The van der Waals surface area contributed by atoms with Gasteiger partial charge in [0.15, 0.2) is 0 Å². The van der Waals surface area contributed by atoms with Crippen molar-refractivity contribution in [3.05, 3.63) is 35.9 Å². The molecule has 1 aromatic rings. The highest BCUT2D eigenvalue weighted by molar-refractivity contribution is 5.13. The normalized spacial score (nSPS) is 11.5. The van der Waals surface area contributed by atoms with E-state index in [4.69, 9.17) is 4.74 Å². The predicted octanol–water partition coefficient (Wildman–Crippen LogP) is 3.65. The molecule has 0 heterocycles. The summed E-state index contributed by atoms with van der Waals surface area (Å²) >= 11 is 0. The first-order valence-corrected chi connectivity index (χ1v) is 8.71. The molecule has 0 bridgehead atoms. The fraction of sp³-hybridized carbons (Fsp3) is 0.684. The van der Waals surface area contributed by atoms with Crippen LogP contribution in [0.1, 0.15) is 38.2 Å². The Labute approximate surface area is 137 Å². The average Bonchev–Trinajstić information content (AvgIpc) is 2.55. The number of rotatable bonds is 13. The number of benzene rings is 1. The second kappa shape index (κ2) is 12.6. The summed E-state index contributed by atoms with van der Waals surface area (Å²) in [6.07, 6.45) is 4.97. The number of hydrogen-bond donors (Lipinski definition) is 0. The Kier molecular flexibility index (Phi) is 11.0. The van der Waals surface area contributed by atoms with E-state index in [0.29, 0.717) is 0 Å². The Morgan fingerprint density at radius 2 is 1.41 bits per heavy atom. The minimum Gasteiger partial charge on any atom is -0.377 e. The first-order valence-electron chi connectivity index (χ1n) is 8.71. The molecule has 3 heteroatoms. The van der Waals surface area contributed by atoms with Crippen LogP contribution in [-0.2, 0) is 11.3 Å². The summed E-state index contributed by atoms with van der Waals surface area (Å²) in [4.78, 5) is 4.83. The van der Waals surface area contributed by atoms with Crippen molar-refractivity contribution in [3.8, 4) is 0 Å². The van der Waals surface area contributed by atoms with Gasteiger partial charge < -0.3 is 14.5 Å². The molecular formula is C19H34N2O. The lowest BCUT2D eigenvalue weighted by Crippen LogP contribution is -2.23. The van der Waals surface area contributed by atoms with Gasteiger partial charge in [-0.05, 0) is 71.5 Å². The van der Waals surface area contributed by atoms with Crippen LogP contribution in [0.4, 0.5) is 0 Å². The van der Waals surface area contributed by atoms with Crippen LogP contribution in [-0.4, -0.2) is 56.7 Å². The Balaban J connectivity index is 1.89. The zero-order valence-corrected chi connectivity index (χ0v) is 14.8. The van der Waals surface area contributed by atoms with Crippen molar-refractivity contribution in [2.45, 2.75) is 39.2 Å². The van der Waals surface area contributed by atoms with Crippen LogP contribution in [0.2, 0.25) is 0 Å². The summed E-state index contributed by atoms with van der Waals surface area (Å²) in [7, 11) is 4.42. The monoisotopic (exact) mass is 306 g/mol. The van der Waals surface area contributed by atoms with Gasteiger partial charge in [0.2, 0.25) is 0 Å². The van der Waals surface area contributed by atoms with Gasteiger partial charge in [-0.2, -0.15) is 0 Å². The van der Waals surface area contributed by atoms with Crippen molar-refractivity contribution < 1.29 is 4.74 Å². The first kappa shape index (κ1) is 19.1. The highest BCUT2D eigenvalue weighted by Crippen LogP contribution is 2.02. The molecule has 0 saturated carbocycles. The summed E-state index contributed by atoms with van der Waals surface area (Å²) in [5.74, 6) is 0. The molecule has 0 aliphatic carbocycles. The Hall–Kier alpha value is -0.900. The zero-order valence-electron chi connectivity index (χ0n) is 14.8. The molecule has 0 radical (unpaired) electrons. The van der Waals surface area contributed by atoms with E-state index >= 15 is 0 Å². The third-order valence-electron chi connectivity index (χ3n) is 4.06. The maximum atomic E-state index is 5.71. The molecule has 0 atom stereocenters. The molecule has 1 rings (SSSR count). The van der Waals surface area contributed by atoms with Crippen molar-refractivity contribution >= 4 is 0 Å². The number of hydrogen-bond acceptors (Lipinski definition) is 3. The highest BCUT2D eigenvalue weighted by Gasteiger charge is 2.00. The third-order valence-corrected chi connectivity index (χ3v) is 4.06. The van der Waals surface area contributed by atoms with Gasteiger partial charge in [0.1, 0.15) is 0 Å². The van der Waals surface area contributed by atoms with Crippen molar-refractivity contribution in [2.75, 3.05) is 46.9 Å². The molecule has 1 aromatic carbocycles. The van der Waals surface area contributed by atoms with Crippen LogP contribution in [0.5, 0.6) is 0 Å². The van der Waals surface area contributed by atoms with Gasteiger partial charge in [-0.1, -0.05) is 37.3 Å². The predicted molar refractivity (Wildman–Crippen MR) is 95.2 cm³/mol. The highest BCUT2D eigenvalue weighted by atomic mass is 16.5. The molecule has 0 aliphatic rings. The van der Waals surface area contributed by atoms with E-state index in [2.05, 4.69) is 55.1 Å². The molecule has 0 spiro atoms. The Morgan fingerprint density at radius 1 is 0.818 bits per heavy atom. The first-order chi connectivity index (χ1) is 10.7. The summed E-state index contributed by atoms with van der Waals surface area (Å²) in [5, 5.41) is 0. The fourth-order valence-corrected chi connectivity index (χ4v) is 2.38. The second-order valence-electron chi connectivity index (χ2n) is 6.15. The molecular weight excluding hydrogens is 272 g/mol. The number of nitrogens with zero attached hydrogens (tertiary/aromatic N) is 2. The second-order valence-corrected chi connectivity index (χ2v) is 6.15. The lowest BCUT2D eigenvalue weighted by molar-refractivity contribution is 0.115. The molecule has 0 unspecified atom stereocenters. The van der Waals surface area contributed by atoms with E-state index < -0.39 is 0 Å². The third kappa shape index (κ3) is 9.93. The van der Waals surface area contributed by atoms with Crippen molar-refractivity contribution in [2.24, 2.45) is 0 Å². The van der Waals surface area contributed by atoms with E-state index in [9.17, 15) is 0 Å². The van der Waals surface area contributed by atoms with Gasteiger partial charge in [-0.25, -0.2) is 0 Å². The summed E-state index contributed by atoms with van der Waals surface area (Å²) in [6, 6.07) is 10.4. The molecule has 126 valence electrons. The molecule has 0 aromatic heterocycles. The van der Waals surface area contributed by atoms with Crippen molar-refractivity contribution in [1.82, 2.24) is 9.80 Å². The number of unbranched alkanes of at least 4 members (excludes halogenated alkanes) is 2. The molecule has 0 N–H and O–H groups in total. The zero-order chi connectivity index (χ0) is 16.0. The van der Waals surface area contributed by atoms with Crippen LogP contribution >= 0.6 is 0 Å². The van der Waals surface area contributed by atoms with Crippen LogP contribution in [0.15, 0.2) is 30.3 Å². The Morgan fingerprint density at radius 3 is 2.05 bits per heavy atom. The van der Waals surface area contributed by atoms with E-state index in [-0.39, 0.29) is 0 Å².